The number of nitrogens with zero attached hydrogens (tertiary/aromatic N) is 2. The number of aryl methyl sites for hydroxylation is 1. The Bertz CT molecular complexity index is 567. The number of benzene rings is 1. The van der Waals surface area contributed by atoms with Gasteiger partial charge in [-0.25, -0.2) is 9.78 Å². The van der Waals surface area contributed by atoms with Crippen LogP contribution in [-0.4, -0.2) is 23.1 Å². The van der Waals surface area contributed by atoms with Gasteiger partial charge >= 0.3 is 5.97 Å². The van der Waals surface area contributed by atoms with Gasteiger partial charge in [-0.15, -0.1) is 0 Å². The number of anilines is 2. The van der Waals surface area contributed by atoms with Crippen LogP contribution in [0.25, 0.3) is 0 Å². The molecule has 0 unspecified atom stereocenters. The first-order chi connectivity index (χ1) is 8.59. The van der Waals surface area contributed by atoms with E-state index in [2.05, 4.69) is 4.98 Å². The molecule has 1 N–H and O–H groups in total. The number of aromatic nitrogens is 1. The average molecular weight is 242 g/mol. The van der Waals surface area contributed by atoms with Crippen molar-refractivity contribution >= 4 is 17.5 Å². The molecule has 0 bridgehead atoms. The molecule has 0 radical (unpaired) electrons. The van der Waals surface area contributed by atoms with E-state index < -0.39 is 5.97 Å². The number of aromatic carboxylic acids is 1. The molecule has 0 aliphatic rings. The van der Waals surface area contributed by atoms with Gasteiger partial charge in [0.25, 0.3) is 0 Å². The van der Waals surface area contributed by atoms with Crippen LogP contribution in [0.3, 0.4) is 0 Å². The zero-order valence-corrected chi connectivity index (χ0v) is 10.3. The van der Waals surface area contributed by atoms with Gasteiger partial charge in [-0.3, -0.25) is 0 Å². The molecule has 1 heterocycles. The van der Waals surface area contributed by atoms with Gasteiger partial charge in [0.15, 0.2) is 0 Å². The molecule has 18 heavy (non-hydrogen) atoms. The number of carbonyl (C=O) groups is 1. The highest BCUT2D eigenvalue weighted by atomic mass is 16.4. The van der Waals surface area contributed by atoms with Gasteiger partial charge in [-0.2, -0.15) is 0 Å². The second-order valence-corrected chi connectivity index (χ2v) is 4.00. The summed E-state index contributed by atoms with van der Waals surface area (Å²) in [5, 5.41) is 8.96. The van der Waals surface area contributed by atoms with Gasteiger partial charge in [0.05, 0.1) is 11.3 Å². The molecule has 0 fully saturated rings. The Balaban J connectivity index is 2.35. The molecule has 0 spiro atoms. The molecule has 4 nitrogen and oxygen atoms in total. The van der Waals surface area contributed by atoms with Crippen molar-refractivity contribution in [2.75, 3.05) is 11.9 Å². The van der Waals surface area contributed by atoms with E-state index in [0.29, 0.717) is 5.69 Å². The fourth-order valence-corrected chi connectivity index (χ4v) is 1.74. The van der Waals surface area contributed by atoms with Gasteiger partial charge in [0.1, 0.15) is 5.82 Å². The molecule has 0 amide bonds. The second kappa shape index (κ2) is 4.87. The van der Waals surface area contributed by atoms with Gasteiger partial charge in [0.2, 0.25) is 0 Å². The molecule has 2 aromatic rings. The van der Waals surface area contributed by atoms with Gasteiger partial charge in [0, 0.05) is 12.7 Å². The summed E-state index contributed by atoms with van der Waals surface area (Å²) in [5.41, 5.74) is 1.76. The summed E-state index contributed by atoms with van der Waals surface area (Å²) >= 11 is 0. The van der Waals surface area contributed by atoms with Crippen molar-refractivity contribution in [1.82, 2.24) is 4.98 Å². The van der Waals surface area contributed by atoms with Crippen molar-refractivity contribution in [3.63, 3.8) is 0 Å². The Kier molecular flexibility index (Phi) is 3.28. The fraction of sp³-hybridized carbons (Fsp3) is 0.143. The van der Waals surface area contributed by atoms with Crippen LogP contribution >= 0.6 is 0 Å². The first-order valence-corrected chi connectivity index (χ1v) is 5.59. The van der Waals surface area contributed by atoms with E-state index in [1.54, 1.807) is 19.1 Å². The summed E-state index contributed by atoms with van der Waals surface area (Å²) in [6, 6.07) is 13.1. The normalized spacial score (nSPS) is 10.1. The molecule has 0 aliphatic heterocycles. The molecule has 1 aromatic carbocycles. The van der Waals surface area contributed by atoms with Gasteiger partial charge in [-0.1, -0.05) is 18.2 Å². The first kappa shape index (κ1) is 12.1. The van der Waals surface area contributed by atoms with Gasteiger partial charge in [-0.05, 0) is 31.2 Å². The lowest BCUT2D eigenvalue weighted by molar-refractivity contribution is 0.0695. The minimum absolute atomic E-state index is 0.236. The summed E-state index contributed by atoms with van der Waals surface area (Å²) in [6.45, 7) is 1.70. The van der Waals surface area contributed by atoms with E-state index in [-0.39, 0.29) is 5.56 Å². The second-order valence-electron chi connectivity index (χ2n) is 4.00. The van der Waals surface area contributed by atoms with Crippen LogP contribution in [0.15, 0.2) is 42.5 Å². The van der Waals surface area contributed by atoms with E-state index in [0.717, 1.165) is 11.5 Å². The predicted molar refractivity (Wildman–Crippen MR) is 70.4 cm³/mol. The Hall–Kier alpha value is -2.36. The highest BCUT2D eigenvalue weighted by molar-refractivity contribution is 5.89. The zero-order valence-electron chi connectivity index (χ0n) is 10.3. The van der Waals surface area contributed by atoms with Crippen LogP contribution in [0.2, 0.25) is 0 Å². The van der Waals surface area contributed by atoms with Crippen LogP contribution in [0.1, 0.15) is 16.1 Å². The van der Waals surface area contributed by atoms with Crippen LogP contribution in [0.5, 0.6) is 0 Å². The predicted octanol–water partition coefficient (Wildman–Crippen LogP) is 2.86. The van der Waals surface area contributed by atoms with Crippen LogP contribution < -0.4 is 4.90 Å². The summed E-state index contributed by atoms with van der Waals surface area (Å²) in [7, 11) is 1.90. The number of hydrogen-bond donors (Lipinski definition) is 1. The molecule has 0 atom stereocenters. The van der Waals surface area contributed by atoms with Crippen molar-refractivity contribution in [2.24, 2.45) is 0 Å². The van der Waals surface area contributed by atoms with Crippen molar-refractivity contribution in [3.05, 3.63) is 53.7 Å². The molecule has 1 aromatic heterocycles. The van der Waals surface area contributed by atoms with Crippen molar-refractivity contribution < 1.29 is 9.90 Å². The van der Waals surface area contributed by atoms with Gasteiger partial charge < -0.3 is 10.0 Å². The van der Waals surface area contributed by atoms with Crippen molar-refractivity contribution in [3.8, 4) is 0 Å². The number of carboxylic acids is 1. The summed E-state index contributed by atoms with van der Waals surface area (Å²) < 4.78 is 0. The topological polar surface area (TPSA) is 53.4 Å². The highest BCUT2D eigenvalue weighted by Gasteiger charge is 2.11. The maximum atomic E-state index is 10.9. The van der Waals surface area contributed by atoms with E-state index >= 15 is 0 Å². The monoisotopic (exact) mass is 242 g/mol. The number of para-hydroxylation sites is 1. The molecule has 0 saturated heterocycles. The first-order valence-electron chi connectivity index (χ1n) is 5.59. The quantitative estimate of drug-likeness (QED) is 0.899. The van der Waals surface area contributed by atoms with E-state index in [1.165, 1.54) is 0 Å². The summed E-state index contributed by atoms with van der Waals surface area (Å²) in [4.78, 5) is 17.2. The zero-order chi connectivity index (χ0) is 13.1. The van der Waals surface area contributed by atoms with Crippen LogP contribution in [0.4, 0.5) is 11.5 Å². The maximum Gasteiger partial charge on any atom is 0.337 e. The molecule has 92 valence electrons. The molecular formula is C14H14N2O2. The number of carboxylic acid groups (broad SMARTS) is 1. The average Bonchev–Trinajstić information content (AvgIpc) is 2.38. The minimum atomic E-state index is -0.950. The smallest absolute Gasteiger partial charge is 0.337 e. The number of rotatable bonds is 3. The molecular weight excluding hydrogens is 228 g/mol. The third-order valence-electron chi connectivity index (χ3n) is 2.79. The minimum Gasteiger partial charge on any atom is -0.478 e. The number of hydrogen-bond acceptors (Lipinski definition) is 3. The molecule has 2 rings (SSSR count). The fourth-order valence-electron chi connectivity index (χ4n) is 1.74. The Morgan fingerprint density at radius 3 is 2.39 bits per heavy atom. The third kappa shape index (κ3) is 2.32. The van der Waals surface area contributed by atoms with Crippen LogP contribution in [-0.2, 0) is 0 Å². The van der Waals surface area contributed by atoms with Crippen molar-refractivity contribution in [1.29, 1.82) is 0 Å². The molecule has 0 saturated carbocycles. The molecule has 0 aliphatic carbocycles. The standard InChI is InChI=1S/C14H14N2O2/c1-10-12(14(17)18)8-9-13(15-10)16(2)11-6-4-3-5-7-11/h3-9H,1-2H3,(H,17,18). The summed E-state index contributed by atoms with van der Waals surface area (Å²) in [5.74, 6) is -0.224. The lowest BCUT2D eigenvalue weighted by Gasteiger charge is -2.19. The largest absolute Gasteiger partial charge is 0.478 e. The highest BCUT2D eigenvalue weighted by Crippen LogP contribution is 2.22. The van der Waals surface area contributed by atoms with E-state index in [9.17, 15) is 4.79 Å². The van der Waals surface area contributed by atoms with Crippen LogP contribution in [0, 0.1) is 6.92 Å². The number of pyridine rings is 1. The third-order valence-corrected chi connectivity index (χ3v) is 2.79. The Morgan fingerprint density at radius 1 is 1.17 bits per heavy atom. The Morgan fingerprint density at radius 2 is 1.83 bits per heavy atom. The molecule has 4 heteroatoms. The van der Waals surface area contributed by atoms with Crippen molar-refractivity contribution in [2.45, 2.75) is 6.92 Å². The Labute approximate surface area is 106 Å². The lowest BCUT2D eigenvalue weighted by atomic mass is 10.2. The SMILES string of the molecule is Cc1nc(N(C)c2ccccc2)ccc1C(=O)O. The van der Waals surface area contributed by atoms with E-state index in [1.807, 2.05) is 42.3 Å². The van der Waals surface area contributed by atoms with E-state index in [4.69, 9.17) is 5.11 Å². The maximum absolute atomic E-state index is 10.9. The summed E-state index contributed by atoms with van der Waals surface area (Å²) in [6.07, 6.45) is 0. The lowest BCUT2D eigenvalue weighted by Crippen LogP contribution is -2.13.